The summed E-state index contributed by atoms with van der Waals surface area (Å²) in [5, 5.41) is 16.1. The molecule has 2 atom stereocenters. The van der Waals surface area contributed by atoms with E-state index in [0.29, 0.717) is 5.56 Å². The Balaban J connectivity index is 1.73. The van der Waals surface area contributed by atoms with Crippen LogP contribution in [0.15, 0.2) is 42.7 Å². The van der Waals surface area contributed by atoms with E-state index in [4.69, 9.17) is 0 Å². The predicted octanol–water partition coefficient (Wildman–Crippen LogP) is 2.20. The average Bonchev–Trinajstić information content (AvgIpc) is 3.21. The van der Waals surface area contributed by atoms with Gasteiger partial charge in [0.2, 0.25) is 11.8 Å². The Morgan fingerprint density at radius 3 is 2.58 bits per heavy atom. The van der Waals surface area contributed by atoms with Crippen molar-refractivity contribution in [2.75, 3.05) is 0 Å². The molecule has 3 rings (SSSR count). The highest BCUT2D eigenvalue weighted by Crippen LogP contribution is 2.13. The van der Waals surface area contributed by atoms with Gasteiger partial charge in [-0.3, -0.25) is 9.59 Å². The fraction of sp³-hybridized carbons (Fsp3) is 0.318. The molecule has 0 bridgehead atoms. The third kappa shape index (κ3) is 5.64. The summed E-state index contributed by atoms with van der Waals surface area (Å²) in [4.78, 5) is 32.4. The first-order valence-corrected chi connectivity index (χ1v) is 9.86. The van der Waals surface area contributed by atoms with Crippen molar-refractivity contribution in [2.24, 2.45) is 5.92 Å². The molecule has 2 aromatic heterocycles. The van der Waals surface area contributed by atoms with Crippen LogP contribution in [0.2, 0.25) is 0 Å². The van der Waals surface area contributed by atoms with Crippen LogP contribution in [-0.4, -0.2) is 39.0 Å². The number of aliphatic hydroxyl groups is 1. The maximum Gasteiger partial charge on any atom is 0.249 e. The monoisotopic (exact) mass is 430 g/mol. The number of nitrogens with zero attached hydrogens (tertiary/aromatic N) is 1. The van der Waals surface area contributed by atoms with Crippen molar-refractivity contribution >= 4 is 22.8 Å². The number of amides is 2. The number of hydrogen-bond acceptors (Lipinski definition) is 4. The number of benzene rings is 1. The summed E-state index contributed by atoms with van der Waals surface area (Å²) < 4.78 is 26.8. The molecule has 164 valence electrons. The molecule has 0 saturated carbocycles. The van der Waals surface area contributed by atoms with E-state index in [1.165, 1.54) is 6.07 Å². The van der Waals surface area contributed by atoms with Gasteiger partial charge in [-0.2, -0.15) is 0 Å². The lowest BCUT2D eigenvalue weighted by Gasteiger charge is -2.22. The van der Waals surface area contributed by atoms with Gasteiger partial charge in [-0.05, 0) is 41.3 Å². The Morgan fingerprint density at radius 1 is 1.10 bits per heavy atom. The van der Waals surface area contributed by atoms with Crippen molar-refractivity contribution in [3.8, 4) is 0 Å². The summed E-state index contributed by atoms with van der Waals surface area (Å²) >= 11 is 0. The number of pyridine rings is 1. The fourth-order valence-corrected chi connectivity index (χ4v) is 3.07. The van der Waals surface area contributed by atoms with Gasteiger partial charge < -0.3 is 20.7 Å². The molecule has 2 amide bonds. The standard InChI is InChI=1S/C22H24F2N4O3/c1-12(2)19(29)22(31)28-18(9-13-3-4-16(23)17(24)8-13)21(30)27-11-14-7-15-5-6-25-20(15)26-10-14/h3-8,10,12,18-19,29H,9,11H2,1-2H3,(H,25,26)(H,27,30)(H,28,31)/t18-,19-/m0/s1. The Bertz CT molecular complexity index is 1080. The molecule has 7 nitrogen and oxygen atoms in total. The first-order chi connectivity index (χ1) is 14.7. The molecule has 31 heavy (non-hydrogen) atoms. The van der Waals surface area contributed by atoms with Crippen molar-refractivity contribution in [3.63, 3.8) is 0 Å². The summed E-state index contributed by atoms with van der Waals surface area (Å²) in [6, 6.07) is 5.91. The van der Waals surface area contributed by atoms with E-state index in [0.717, 1.165) is 28.7 Å². The molecule has 0 unspecified atom stereocenters. The maximum atomic E-state index is 13.6. The summed E-state index contributed by atoms with van der Waals surface area (Å²) in [6.07, 6.45) is 1.99. The van der Waals surface area contributed by atoms with E-state index in [2.05, 4.69) is 20.6 Å². The zero-order valence-corrected chi connectivity index (χ0v) is 17.2. The van der Waals surface area contributed by atoms with Crippen LogP contribution in [0.5, 0.6) is 0 Å². The molecular weight excluding hydrogens is 406 g/mol. The number of carbonyl (C=O) groups is 2. The van der Waals surface area contributed by atoms with Gasteiger partial charge in [0.05, 0.1) is 0 Å². The van der Waals surface area contributed by atoms with Gasteiger partial charge in [-0.25, -0.2) is 13.8 Å². The largest absolute Gasteiger partial charge is 0.383 e. The summed E-state index contributed by atoms with van der Waals surface area (Å²) in [5.74, 6) is -3.64. The highest BCUT2D eigenvalue weighted by Gasteiger charge is 2.26. The smallest absolute Gasteiger partial charge is 0.249 e. The molecule has 3 aromatic rings. The van der Waals surface area contributed by atoms with Crippen LogP contribution in [0.4, 0.5) is 8.78 Å². The number of aromatic amines is 1. The fourth-order valence-electron chi connectivity index (χ4n) is 3.07. The molecule has 1 aromatic carbocycles. The number of halogens is 2. The van der Waals surface area contributed by atoms with Gasteiger partial charge in [0.15, 0.2) is 11.6 Å². The number of nitrogens with one attached hydrogen (secondary N) is 3. The Hall–Kier alpha value is -3.33. The minimum absolute atomic E-state index is 0.0747. The van der Waals surface area contributed by atoms with Crippen LogP contribution in [0.3, 0.4) is 0 Å². The zero-order chi connectivity index (χ0) is 22.5. The van der Waals surface area contributed by atoms with Gasteiger partial charge in [-0.15, -0.1) is 0 Å². The Morgan fingerprint density at radius 2 is 1.87 bits per heavy atom. The summed E-state index contributed by atoms with van der Waals surface area (Å²) in [5.41, 5.74) is 1.80. The normalized spacial score (nSPS) is 13.2. The van der Waals surface area contributed by atoms with E-state index >= 15 is 0 Å². The van der Waals surface area contributed by atoms with Gasteiger partial charge in [0.1, 0.15) is 17.8 Å². The van der Waals surface area contributed by atoms with E-state index < -0.39 is 35.6 Å². The number of hydrogen-bond donors (Lipinski definition) is 4. The van der Waals surface area contributed by atoms with Crippen LogP contribution in [0.25, 0.3) is 11.0 Å². The second-order valence-electron chi connectivity index (χ2n) is 7.68. The molecule has 0 spiro atoms. The van der Waals surface area contributed by atoms with Crippen LogP contribution in [0, 0.1) is 17.6 Å². The van der Waals surface area contributed by atoms with Crippen LogP contribution in [0.1, 0.15) is 25.0 Å². The lowest BCUT2D eigenvalue weighted by molar-refractivity contribution is -0.135. The molecular formula is C22H24F2N4O3. The predicted molar refractivity (Wildman–Crippen MR) is 111 cm³/mol. The van der Waals surface area contributed by atoms with Gasteiger partial charge in [0, 0.05) is 30.7 Å². The lowest BCUT2D eigenvalue weighted by Crippen LogP contribution is -2.51. The van der Waals surface area contributed by atoms with Gasteiger partial charge >= 0.3 is 0 Å². The molecule has 0 aliphatic heterocycles. The van der Waals surface area contributed by atoms with Crippen molar-refractivity contribution in [1.82, 2.24) is 20.6 Å². The van der Waals surface area contributed by atoms with E-state index in [9.17, 15) is 23.5 Å². The van der Waals surface area contributed by atoms with E-state index in [1.54, 1.807) is 26.2 Å². The highest BCUT2D eigenvalue weighted by atomic mass is 19.2. The SMILES string of the molecule is CC(C)[C@H](O)C(=O)N[C@@H](Cc1ccc(F)c(F)c1)C(=O)NCc1cnc2[nH]ccc2c1. The molecule has 0 aliphatic rings. The van der Waals surface area contributed by atoms with Crippen molar-refractivity contribution in [3.05, 3.63) is 65.5 Å². The minimum atomic E-state index is -1.31. The minimum Gasteiger partial charge on any atom is -0.383 e. The van der Waals surface area contributed by atoms with Gasteiger partial charge in [0.25, 0.3) is 0 Å². The summed E-state index contributed by atoms with van der Waals surface area (Å²) in [7, 11) is 0. The lowest BCUT2D eigenvalue weighted by atomic mass is 10.0. The van der Waals surface area contributed by atoms with E-state index in [-0.39, 0.29) is 18.9 Å². The molecule has 0 radical (unpaired) electrons. The maximum absolute atomic E-state index is 13.6. The molecule has 0 saturated heterocycles. The third-order valence-corrected chi connectivity index (χ3v) is 4.88. The first kappa shape index (κ1) is 22.4. The number of fused-ring (bicyclic) bond motifs is 1. The van der Waals surface area contributed by atoms with Crippen molar-refractivity contribution in [2.45, 2.75) is 39.0 Å². The molecule has 2 heterocycles. The number of aromatic nitrogens is 2. The third-order valence-electron chi connectivity index (χ3n) is 4.88. The number of rotatable bonds is 8. The van der Waals surface area contributed by atoms with Crippen LogP contribution in [-0.2, 0) is 22.6 Å². The second-order valence-corrected chi connectivity index (χ2v) is 7.68. The average molecular weight is 430 g/mol. The second kappa shape index (κ2) is 9.65. The molecule has 9 heteroatoms. The quantitative estimate of drug-likeness (QED) is 0.440. The van der Waals surface area contributed by atoms with Crippen LogP contribution >= 0.6 is 0 Å². The Labute approximate surface area is 177 Å². The molecule has 0 aliphatic carbocycles. The topological polar surface area (TPSA) is 107 Å². The summed E-state index contributed by atoms with van der Waals surface area (Å²) in [6.45, 7) is 3.49. The van der Waals surface area contributed by atoms with Crippen molar-refractivity contribution < 1.29 is 23.5 Å². The van der Waals surface area contributed by atoms with Crippen LogP contribution < -0.4 is 10.6 Å². The first-order valence-electron chi connectivity index (χ1n) is 9.86. The number of aliphatic hydroxyl groups excluding tert-OH is 1. The highest BCUT2D eigenvalue weighted by molar-refractivity contribution is 5.89. The number of carbonyl (C=O) groups excluding carboxylic acids is 2. The number of H-pyrrole nitrogens is 1. The zero-order valence-electron chi connectivity index (χ0n) is 17.2. The van der Waals surface area contributed by atoms with Gasteiger partial charge in [-0.1, -0.05) is 19.9 Å². The molecule has 0 fully saturated rings. The van der Waals surface area contributed by atoms with E-state index in [1.807, 2.05) is 12.1 Å². The van der Waals surface area contributed by atoms with Crippen molar-refractivity contribution in [1.29, 1.82) is 0 Å². The Kier molecular flexibility index (Phi) is 6.96. The molecule has 4 N–H and O–H groups in total.